The molecule has 3 atom stereocenters. The highest BCUT2D eigenvalue weighted by Gasteiger charge is 2.40. The summed E-state index contributed by atoms with van der Waals surface area (Å²) in [5.74, 6) is -1.45. The van der Waals surface area contributed by atoms with Gasteiger partial charge in [0.05, 0.1) is 0 Å². The Labute approximate surface area is 138 Å². The Morgan fingerprint density at radius 2 is 1.71 bits per heavy atom. The quantitative estimate of drug-likeness (QED) is 0.545. The number of phenolic OH excluding ortho intramolecular Hbond substituents is 4. The van der Waals surface area contributed by atoms with Crippen molar-refractivity contribution in [1.82, 2.24) is 0 Å². The topological polar surface area (TPSA) is 120 Å². The zero-order valence-electron chi connectivity index (χ0n) is 12.9. The van der Waals surface area contributed by atoms with Crippen LogP contribution in [0.4, 0.5) is 0 Å². The van der Waals surface area contributed by atoms with Crippen LogP contribution >= 0.6 is 0 Å². The van der Waals surface area contributed by atoms with Gasteiger partial charge >= 0.3 is 0 Å². The monoisotopic (exact) mass is 334 g/mol. The highest BCUT2D eigenvalue weighted by Crippen LogP contribution is 2.50. The van der Waals surface area contributed by atoms with Crippen molar-refractivity contribution >= 4 is 0 Å². The summed E-state index contributed by atoms with van der Waals surface area (Å²) in [5, 5.41) is 49.5. The number of phenols is 4. The van der Waals surface area contributed by atoms with Crippen LogP contribution in [0.25, 0.3) is 0 Å². The van der Waals surface area contributed by atoms with Gasteiger partial charge in [-0.3, -0.25) is 0 Å². The summed E-state index contributed by atoms with van der Waals surface area (Å²) in [7, 11) is 0. The van der Waals surface area contributed by atoms with Gasteiger partial charge in [0.15, 0.2) is 29.1 Å². The first-order valence-electron chi connectivity index (χ1n) is 7.47. The zero-order chi connectivity index (χ0) is 17.4. The molecule has 0 spiro atoms. The molecule has 0 amide bonds. The SMILES string of the molecule is CCO[C@H]1c2ccc(O)c(O)c2O[C@H](c2ccc(O)c(O)c2)[C@@H]1O. The van der Waals surface area contributed by atoms with Crippen LogP contribution in [0.2, 0.25) is 0 Å². The summed E-state index contributed by atoms with van der Waals surface area (Å²) >= 11 is 0. The molecule has 0 saturated carbocycles. The van der Waals surface area contributed by atoms with E-state index in [1.807, 2.05) is 0 Å². The minimum Gasteiger partial charge on any atom is -0.504 e. The molecule has 0 fully saturated rings. The van der Waals surface area contributed by atoms with Crippen LogP contribution in [0.5, 0.6) is 28.7 Å². The standard InChI is InChI=1S/C17H18O7/c1-2-23-16-9-4-6-11(19)13(21)17(9)24-15(14(16)22)8-3-5-10(18)12(20)7-8/h3-7,14-16,18-22H,2H2,1H3/t14-,15+,16-/m0/s1. The molecule has 128 valence electrons. The number of hydrogen-bond donors (Lipinski definition) is 5. The maximum atomic E-state index is 10.6. The molecular weight excluding hydrogens is 316 g/mol. The van der Waals surface area contributed by atoms with Gasteiger partial charge in [0.1, 0.15) is 12.2 Å². The van der Waals surface area contributed by atoms with Crippen molar-refractivity contribution < 1.29 is 35.0 Å². The Kier molecular flexibility index (Phi) is 4.13. The average molecular weight is 334 g/mol. The summed E-state index contributed by atoms with van der Waals surface area (Å²) in [6.45, 7) is 2.08. The fourth-order valence-corrected chi connectivity index (χ4v) is 2.81. The molecule has 0 radical (unpaired) electrons. The molecule has 0 bridgehead atoms. The Hall–Kier alpha value is -2.64. The van der Waals surface area contributed by atoms with E-state index < -0.39 is 24.1 Å². The number of fused-ring (bicyclic) bond motifs is 1. The fraction of sp³-hybridized carbons (Fsp3) is 0.294. The lowest BCUT2D eigenvalue weighted by molar-refractivity contribution is -0.0998. The summed E-state index contributed by atoms with van der Waals surface area (Å²) in [6, 6.07) is 6.82. The van der Waals surface area contributed by atoms with Crippen molar-refractivity contribution in [3.63, 3.8) is 0 Å². The molecule has 5 N–H and O–H groups in total. The van der Waals surface area contributed by atoms with Crippen molar-refractivity contribution in [2.75, 3.05) is 6.61 Å². The molecule has 2 aromatic rings. The van der Waals surface area contributed by atoms with E-state index in [9.17, 15) is 25.5 Å². The van der Waals surface area contributed by atoms with Crippen molar-refractivity contribution in [3.05, 3.63) is 41.5 Å². The number of hydrogen-bond acceptors (Lipinski definition) is 7. The van der Waals surface area contributed by atoms with Gasteiger partial charge < -0.3 is 35.0 Å². The predicted molar refractivity (Wildman–Crippen MR) is 83.3 cm³/mol. The number of aromatic hydroxyl groups is 4. The Morgan fingerprint density at radius 1 is 1.00 bits per heavy atom. The lowest BCUT2D eigenvalue weighted by Gasteiger charge is -2.37. The first-order chi connectivity index (χ1) is 11.4. The number of aliphatic hydroxyl groups is 1. The molecule has 24 heavy (non-hydrogen) atoms. The molecule has 1 aliphatic rings. The highest BCUT2D eigenvalue weighted by atomic mass is 16.5. The van der Waals surface area contributed by atoms with Gasteiger partial charge in [0.2, 0.25) is 5.75 Å². The predicted octanol–water partition coefficient (Wildman–Crippen LogP) is 2.08. The second-order valence-corrected chi connectivity index (χ2v) is 5.50. The first kappa shape index (κ1) is 16.2. The second-order valence-electron chi connectivity index (χ2n) is 5.50. The molecule has 7 nitrogen and oxygen atoms in total. The van der Waals surface area contributed by atoms with Gasteiger partial charge in [-0.15, -0.1) is 0 Å². The maximum absolute atomic E-state index is 10.6. The summed E-state index contributed by atoms with van der Waals surface area (Å²) in [6.07, 6.45) is -2.87. The molecule has 2 aromatic carbocycles. The molecular formula is C17H18O7. The lowest BCUT2D eigenvalue weighted by atomic mass is 9.91. The smallest absolute Gasteiger partial charge is 0.200 e. The maximum Gasteiger partial charge on any atom is 0.200 e. The molecule has 1 aliphatic heterocycles. The van der Waals surface area contributed by atoms with Gasteiger partial charge in [-0.2, -0.15) is 0 Å². The van der Waals surface area contributed by atoms with Crippen LogP contribution < -0.4 is 4.74 Å². The lowest BCUT2D eigenvalue weighted by Crippen LogP contribution is -2.35. The van der Waals surface area contributed by atoms with Crippen molar-refractivity contribution in [2.24, 2.45) is 0 Å². The van der Waals surface area contributed by atoms with Crippen molar-refractivity contribution in [3.8, 4) is 28.7 Å². The molecule has 3 rings (SSSR count). The molecule has 0 aliphatic carbocycles. The van der Waals surface area contributed by atoms with Gasteiger partial charge in [-0.25, -0.2) is 0 Å². The third-order valence-electron chi connectivity index (χ3n) is 3.99. The van der Waals surface area contributed by atoms with E-state index in [4.69, 9.17) is 9.47 Å². The average Bonchev–Trinajstić information content (AvgIpc) is 2.56. The minimum absolute atomic E-state index is 0.0105. The van der Waals surface area contributed by atoms with Gasteiger partial charge in [0.25, 0.3) is 0 Å². The van der Waals surface area contributed by atoms with Gasteiger partial charge in [0, 0.05) is 12.2 Å². The van der Waals surface area contributed by atoms with E-state index in [1.54, 1.807) is 6.92 Å². The third kappa shape index (κ3) is 2.57. The molecule has 7 heteroatoms. The molecule has 0 unspecified atom stereocenters. The first-order valence-corrected chi connectivity index (χ1v) is 7.47. The Balaban J connectivity index is 2.09. The van der Waals surface area contributed by atoms with Crippen LogP contribution in [0.1, 0.15) is 30.3 Å². The van der Waals surface area contributed by atoms with E-state index >= 15 is 0 Å². The second kappa shape index (κ2) is 6.10. The number of ether oxygens (including phenoxy) is 2. The van der Waals surface area contributed by atoms with E-state index in [1.165, 1.54) is 30.3 Å². The highest BCUT2D eigenvalue weighted by molar-refractivity contribution is 5.56. The largest absolute Gasteiger partial charge is 0.504 e. The van der Waals surface area contributed by atoms with E-state index in [-0.39, 0.29) is 23.0 Å². The fourth-order valence-electron chi connectivity index (χ4n) is 2.81. The molecule has 0 aromatic heterocycles. The van der Waals surface area contributed by atoms with E-state index in [0.717, 1.165) is 0 Å². The molecule has 0 saturated heterocycles. The summed E-state index contributed by atoms with van der Waals surface area (Å²) < 4.78 is 11.3. The van der Waals surface area contributed by atoms with Crippen LogP contribution in [-0.4, -0.2) is 38.2 Å². The van der Waals surface area contributed by atoms with Crippen LogP contribution in [0.3, 0.4) is 0 Å². The van der Waals surface area contributed by atoms with Gasteiger partial charge in [-0.1, -0.05) is 6.07 Å². The Morgan fingerprint density at radius 3 is 2.38 bits per heavy atom. The zero-order valence-corrected chi connectivity index (χ0v) is 12.9. The van der Waals surface area contributed by atoms with Crippen LogP contribution in [0.15, 0.2) is 30.3 Å². The third-order valence-corrected chi connectivity index (χ3v) is 3.99. The van der Waals surface area contributed by atoms with Gasteiger partial charge in [-0.05, 0) is 36.8 Å². The van der Waals surface area contributed by atoms with E-state index in [2.05, 4.69) is 0 Å². The summed E-state index contributed by atoms with van der Waals surface area (Å²) in [4.78, 5) is 0. The normalized spacial score (nSPS) is 22.7. The summed E-state index contributed by atoms with van der Waals surface area (Å²) in [5.41, 5.74) is 0.801. The van der Waals surface area contributed by atoms with Crippen molar-refractivity contribution in [2.45, 2.75) is 25.2 Å². The van der Waals surface area contributed by atoms with Crippen LogP contribution in [-0.2, 0) is 4.74 Å². The molecule has 1 heterocycles. The Bertz CT molecular complexity index is 759. The van der Waals surface area contributed by atoms with Crippen molar-refractivity contribution in [1.29, 1.82) is 0 Å². The van der Waals surface area contributed by atoms with E-state index in [0.29, 0.717) is 17.7 Å². The number of rotatable bonds is 3. The van der Waals surface area contributed by atoms with Crippen LogP contribution in [0, 0.1) is 0 Å². The number of aliphatic hydroxyl groups excluding tert-OH is 1. The number of benzene rings is 2. The minimum atomic E-state index is -1.12.